The molecule has 6 N–H and O–H groups in total. The first-order chi connectivity index (χ1) is 12.6. The Balaban J connectivity index is 2.88. The second kappa shape index (κ2) is 10.2. The molecule has 1 heterocycles. The van der Waals surface area contributed by atoms with Crippen molar-refractivity contribution in [3.8, 4) is 0 Å². The molecule has 3 amide bonds. The number of aliphatic carboxylic acids is 1. The molecule has 1 aliphatic heterocycles. The predicted molar refractivity (Wildman–Crippen MR) is 96.4 cm³/mol. The maximum Gasteiger partial charge on any atom is 0.326 e. The molecule has 0 aromatic heterocycles. The van der Waals surface area contributed by atoms with Gasteiger partial charge in [0.15, 0.2) is 0 Å². The number of aliphatic hydroxyl groups is 1. The average molecular weight is 386 g/mol. The zero-order valence-electron chi connectivity index (χ0n) is 16.0. The Morgan fingerprint density at radius 2 is 1.81 bits per heavy atom. The van der Waals surface area contributed by atoms with Gasteiger partial charge in [-0.2, -0.15) is 0 Å². The fraction of sp³-hybridized carbons (Fsp3) is 0.765. The van der Waals surface area contributed by atoms with E-state index < -0.39 is 47.9 Å². The number of carboxylic acids is 1. The van der Waals surface area contributed by atoms with E-state index in [2.05, 4.69) is 10.6 Å². The molecule has 0 aromatic carbocycles. The van der Waals surface area contributed by atoms with Gasteiger partial charge in [0.25, 0.3) is 0 Å². The minimum atomic E-state index is -1.22. The highest BCUT2D eigenvalue weighted by atomic mass is 16.4. The summed E-state index contributed by atoms with van der Waals surface area (Å²) < 4.78 is 0. The van der Waals surface area contributed by atoms with E-state index in [0.29, 0.717) is 12.8 Å². The summed E-state index contributed by atoms with van der Waals surface area (Å²) >= 11 is 0. The number of carboxylic acid groups (broad SMARTS) is 1. The molecule has 0 aliphatic carbocycles. The normalized spacial score (nSPS) is 20.1. The van der Waals surface area contributed by atoms with Crippen molar-refractivity contribution in [1.82, 2.24) is 15.5 Å². The van der Waals surface area contributed by atoms with E-state index in [1.54, 1.807) is 0 Å². The molecule has 154 valence electrons. The summed E-state index contributed by atoms with van der Waals surface area (Å²) in [5, 5.41) is 24.0. The van der Waals surface area contributed by atoms with Crippen LogP contribution in [0.4, 0.5) is 0 Å². The molecule has 1 aliphatic rings. The van der Waals surface area contributed by atoms with Crippen molar-refractivity contribution in [1.29, 1.82) is 0 Å². The Labute approximate surface area is 158 Å². The number of likely N-dealkylation sites (tertiary alicyclic amines) is 1. The fourth-order valence-electron chi connectivity index (χ4n) is 3.06. The Morgan fingerprint density at radius 3 is 2.30 bits per heavy atom. The van der Waals surface area contributed by atoms with Gasteiger partial charge in [0.05, 0.1) is 12.6 Å². The third kappa shape index (κ3) is 6.47. The number of aliphatic hydroxyl groups excluding tert-OH is 1. The summed E-state index contributed by atoms with van der Waals surface area (Å²) in [5.41, 5.74) is 5.23. The van der Waals surface area contributed by atoms with E-state index in [9.17, 15) is 29.4 Å². The van der Waals surface area contributed by atoms with Gasteiger partial charge in [0, 0.05) is 6.54 Å². The van der Waals surface area contributed by atoms with Gasteiger partial charge in [-0.1, -0.05) is 13.8 Å². The maximum atomic E-state index is 12.8. The van der Waals surface area contributed by atoms with Gasteiger partial charge in [-0.25, -0.2) is 4.79 Å². The van der Waals surface area contributed by atoms with Crippen LogP contribution in [-0.2, 0) is 19.2 Å². The number of hydrogen-bond donors (Lipinski definition) is 5. The zero-order valence-corrected chi connectivity index (χ0v) is 16.0. The van der Waals surface area contributed by atoms with Crippen LogP contribution < -0.4 is 16.4 Å². The summed E-state index contributed by atoms with van der Waals surface area (Å²) in [4.78, 5) is 49.5. The van der Waals surface area contributed by atoms with Crippen LogP contribution in [-0.4, -0.2) is 76.1 Å². The molecule has 4 unspecified atom stereocenters. The Hall–Kier alpha value is -2.20. The maximum absolute atomic E-state index is 12.8. The highest BCUT2D eigenvalue weighted by Gasteiger charge is 2.40. The lowest BCUT2D eigenvalue weighted by atomic mass is 10.0. The quantitative estimate of drug-likeness (QED) is 0.319. The number of nitrogens with one attached hydrogen (secondary N) is 2. The van der Waals surface area contributed by atoms with Crippen molar-refractivity contribution in [2.45, 2.75) is 64.3 Å². The number of carbonyl (C=O) groups excluding carboxylic acids is 3. The monoisotopic (exact) mass is 386 g/mol. The average Bonchev–Trinajstić information content (AvgIpc) is 3.07. The van der Waals surface area contributed by atoms with Gasteiger partial charge in [-0.3, -0.25) is 14.4 Å². The Morgan fingerprint density at radius 1 is 1.19 bits per heavy atom. The first-order valence-electron chi connectivity index (χ1n) is 9.09. The van der Waals surface area contributed by atoms with Crippen molar-refractivity contribution < 1.29 is 29.4 Å². The van der Waals surface area contributed by atoms with E-state index in [4.69, 9.17) is 5.73 Å². The van der Waals surface area contributed by atoms with Crippen molar-refractivity contribution in [2.75, 3.05) is 13.1 Å². The van der Waals surface area contributed by atoms with E-state index in [1.165, 1.54) is 11.8 Å². The lowest BCUT2D eigenvalue weighted by Gasteiger charge is -2.30. The van der Waals surface area contributed by atoms with Gasteiger partial charge < -0.3 is 31.5 Å². The summed E-state index contributed by atoms with van der Waals surface area (Å²) in [6, 6.07) is -3.11. The van der Waals surface area contributed by atoms with Gasteiger partial charge in [-0.05, 0) is 32.1 Å². The highest BCUT2D eigenvalue weighted by molar-refractivity contribution is 5.94. The third-order valence-electron chi connectivity index (χ3n) is 4.41. The molecule has 0 saturated carbocycles. The van der Waals surface area contributed by atoms with Gasteiger partial charge in [0.2, 0.25) is 17.7 Å². The van der Waals surface area contributed by atoms with Crippen LogP contribution in [0.3, 0.4) is 0 Å². The summed E-state index contributed by atoms with van der Waals surface area (Å²) in [7, 11) is 0. The van der Waals surface area contributed by atoms with E-state index >= 15 is 0 Å². The first-order valence-corrected chi connectivity index (χ1v) is 9.09. The molecular formula is C17H30N4O6. The SMILES string of the molecule is CC(C)CC(NC(=O)C1CCCN1C(=O)C(NC(=O)CN)C(C)O)C(=O)O. The third-order valence-corrected chi connectivity index (χ3v) is 4.41. The highest BCUT2D eigenvalue weighted by Crippen LogP contribution is 2.20. The largest absolute Gasteiger partial charge is 0.480 e. The predicted octanol–water partition coefficient (Wildman–Crippen LogP) is -1.58. The summed E-state index contributed by atoms with van der Waals surface area (Å²) in [6.45, 7) is 4.99. The second-order valence-corrected chi connectivity index (χ2v) is 7.21. The molecule has 1 rings (SSSR count). The number of nitrogens with zero attached hydrogens (tertiary/aromatic N) is 1. The van der Waals surface area contributed by atoms with E-state index in [-0.39, 0.29) is 25.4 Å². The molecule has 0 radical (unpaired) electrons. The van der Waals surface area contributed by atoms with Crippen LogP contribution in [0.1, 0.15) is 40.0 Å². The minimum Gasteiger partial charge on any atom is -0.480 e. The van der Waals surface area contributed by atoms with Crippen molar-refractivity contribution in [2.24, 2.45) is 11.7 Å². The van der Waals surface area contributed by atoms with Crippen LogP contribution >= 0.6 is 0 Å². The minimum absolute atomic E-state index is 0.0683. The molecule has 1 fully saturated rings. The fourth-order valence-corrected chi connectivity index (χ4v) is 3.06. The smallest absolute Gasteiger partial charge is 0.326 e. The van der Waals surface area contributed by atoms with Crippen LogP contribution in [0.2, 0.25) is 0 Å². The van der Waals surface area contributed by atoms with Crippen molar-refractivity contribution in [3.05, 3.63) is 0 Å². The Bertz CT molecular complexity index is 566. The molecule has 0 aromatic rings. The van der Waals surface area contributed by atoms with Crippen LogP contribution in [0.5, 0.6) is 0 Å². The van der Waals surface area contributed by atoms with Crippen molar-refractivity contribution in [3.63, 3.8) is 0 Å². The molecule has 0 bridgehead atoms. The van der Waals surface area contributed by atoms with Gasteiger partial charge >= 0.3 is 5.97 Å². The molecular weight excluding hydrogens is 356 g/mol. The second-order valence-electron chi connectivity index (χ2n) is 7.21. The number of nitrogens with two attached hydrogens (primary N) is 1. The molecule has 1 saturated heterocycles. The number of rotatable bonds is 9. The van der Waals surface area contributed by atoms with Crippen LogP contribution in [0, 0.1) is 5.92 Å². The van der Waals surface area contributed by atoms with Crippen molar-refractivity contribution >= 4 is 23.7 Å². The standard InChI is InChI=1S/C17H30N4O6/c1-9(2)7-11(17(26)27)19-15(24)12-5-4-6-21(12)16(25)14(10(3)22)20-13(23)8-18/h9-12,14,22H,4-8,18H2,1-3H3,(H,19,24)(H,20,23)(H,26,27). The number of amides is 3. The topological polar surface area (TPSA) is 162 Å². The lowest BCUT2D eigenvalue weighted by Crippen LogP contribution is -2.58. The first kappa shape index (κ1) is 22.8. The molecule has 0 spiro atoms. The zero-order chi connectivity index (χ0) is 20.7. The summed E-state index contributed by atoms with van der Waals surface area (Å²) in [6.07, 6.45) is 0.0291. The van der Waals surface area contributed by atoms with E-state index in [0.717, 1.165) is 0 Å². The molecule has 10 nitrogen and oxygen atoms in total. The van der Waals surface area contributed by atoms with Gasteiger partial charge in [-0.15, -0.1) is 0 Å². The lowest BCUT2D eigenvalue weighted by molar-refractivity contribution is -0.146. The molecule has 27 heavy (non-hydrogen) atoms. The van der Waals surface area contributed by atoms with Gasteiger partial charge in [0.1, 0.15) is 18.1 Å². The number of hydrogen-bond acceptors (Lipinski definition) is 6. The van der Waals surface area contributed by atoms with Crippen LogP contribution in [0.25, 0.3) is 0 Å². The van der Waals surface area contributed by atoms with E-state index in [1.807, 2.05) is 13.8 Å². The van der Waals surface area contributed by atoms with Crippen LogP contribution in [0.15, 0.2) is 0 Å². The number of carbonyl (C=O) groups is 4. The Kier molecular flexibility index (Phi) is 8.64. The molecule has 10 heteroatoms. The summed E-state index contributed by atoms with van der Waals surface area (Å²) in [5.74, 6) is -2.82. The molecule has 4 atom stereocenters.